The highest BCUT2D eigenvalue weighted by Crippen LogP contribution is 2.48. The van der Waals surface area contributed by atoms with Gasteiger partial charge < -0.3 is 5.73 Å². The maximum Gasteiger partial charge on any atom is 0.200 e. The number of carbonyl (C=O) groups excluding carboxylic acids is 1. The summed E-state index contributed by atoms with van der Waals surface area (Å²) in [5.41, 5.74) is 4.83. The summed E-state index contributed by atoms with van der Waals surface area (Å²) >= 11 is 5.92. The van der Waals surface area contributed by atoms with Crippen molar-refractivity contribution in [1.29, 1.82) is 5.26 Å². The number of nitriles is 1. The molecule has 2 aromatic rings. The smallest absolute Gasteiger partial charge is 0.200 e. The molecule has 4 nitrogen and oxygen atoms in total. The number of nitrogens with zero attached hydrogens (tertiary/aromatic N) is 2. The van der Waals surface area contributed by atoms with Crippen LogP contribution in [0.5, 0.6) is 0 Å². The molecule has 0 spiro atoms. The number of Topliss-reactive ketones (excluding diaryl/α,β-unsaturated/α-hetero) is 1. The normalized spacial score (nSPS) is 18.7. The van der Waals surface area contributed by atoms with Crippen molar-refractivity contribution in [2.24, 2.45) is 5.73 Å². The molecule has 164 valence electrons. The SMILES string of the molecule is N#CC1=C(N)N(c2ccc(Cl)cc2)C2=C(C(=O)CCC2)[C@H]1c1c(F)c(F)c(F)c(F)c1F. The quantitative estimate of drug-likeness (QED) is 0.369. The van der Waals surface area contributed by atoms with Crippen molar-refractivity contribution in [3.8, 4) is 6.07 Å². The molecule has 0 amide bonds. The zero-order valence-electron chi connectivity index (χ0n) is 16.2. The molecule has 32 heavy (non-hydrogen) atoms. The molecular weight excluding hydrogens is 453 g/mol. The summed E-state index contributed by atoms with van der Waals surface area (Å²) in [6.07, 6.45) is 0.591. The van der Waals surface area contributed by atoms with Gasteiger partial charge in [0, 0.05) is 34.0 Å². The first-order valence-electron chi connectivity index (χ1n) is 9.42. The summed E-state index contributed by atoms with van der Waals surface area (Å²) < 4.78 is 71.0. The second-order valence-corrected chi connectivity index (χ2v) is 7.71. The van der Waals surface area contributed by atoms with E-state index in [9.17, 15) is 32.0 Å². The Morgan fingerprint density at radius 1 is 0.969 bits per heavy atom. The summed E-state index contributed by atoms with van der Waals surface area (Å²) in [6.45, 7) is 0. The number of carbonyl (C=O) groups is 1. The standard InChI is InChI=1S/C22H13ClF5N3O/c23-9-4-6-10(7-5-9)31-12-2-1-3-13(32)15(12)14(11(8-29)22(31)30)16-17(24)19(26)21(28)20(27)18(16)25/h4-7,14H,1-3,30H2/t14-/m0/s1. The van der Waals surface area contributed by atoms with Crippen LogP contribution in [-0.4, -0.2) is 5.78 Å². The Morgan fingerprint density at radius 2 is 1.53 bits per heavy atom. The highest BCUT2D eigenvalue weighted by molar-refractivity contribution is 6.30. The Kier molecular flexibility index (Phi) is 5.42. The molecule has 1 aliphatic heterocycles. The van der Waals surface area contributed by atoms with Crippen molar-refractivity contribution >= 4 is 23.1 Å². The maximum atomic E-state index is 14.7. The molecule has 2 aromatic carbocycles. The summed E-state index contributed by atoms with van der Waals surface area (Å²) in [5.74, 6) is -13.6. The molecule has 1 aliphatic carbocycles. The summed E-state index contributed by atoms with van der Waals surface area (Å²) in [4.78, 5) is 14.3. The van der Waals surface area contributed by atoms with Gasteiger partial charge in [-0.25, -0.2) is 22.0 Å². The first-order valence-corrected chi connectivity index (χ1v) is 9.79. The molecule has 2 aliphatic rings. The number of allylic oxidation sites excluding steroid dienone is 3. The molecule has 10 heteroatoms. The van der Waals surface area contributed by atoms with E-state index in [0.717, 1.165) is 0 Å². The van der Waals surface area contributed by atoms with Crippen LogP contribution in [0.1, 0.15) is 30.7 Å². The lowest BCUT2D eigenvalue weighted by atomic mass is 9.75. The lowest BCUT2D eigenvalue weighted by Crippen LogP contribution is -2.39. The van der Waals surface area contributed by atoms with Crippen molar-refractivity contribution in [2.45, 2.75) is 25.2 Å². The Hall–Kier alpha value is -3.38. The van der Waals surface area contributed by atoms with Crippen molar-refractivity contribution in [3.63, 3.8) is 0 Å². The lowest BCUT2D eigenvalue weighted by molar-refractivity contribution is -0.116. The molecule has 1 heterocycles. The van der Waals surface area contributed by atoms with Crippen LogP contribution in [0.25, 0.3) is 0 Å². The van der Waals surface area contributed by atoms with E-state index in [2.05, 4.69) is 0 Å². The molecule has 2 N–H and O–H groups in total. The minimum Gasteiger partial charge on any atom is -0.384 e. The zero-order valence-corrected chi connectivity index (χ0v) is 16.9. The van der Waals surface area contributed by atoms with Gasteiger partial charge in [-0.05, 0) is 37.1 Å². The molecule has 1 atom stereocenters. The third-order valence-electron chi connectivity index (χ3n) is 5.53. The number of rotatable bonds is 2. The van der Waals surface area contributed by atoms with E-state index >= 15 is 0 Å². The van der Waals surface area contributed by atoms with Gasteiger partial charge in [-0.15, -0.1) is 0 Å². The average Bonchev–Trinajstić information content (AvgIpc) is 2.77. The van der Waals surface area contributed by atoms with E-state index in [4.69, 9.17) is 17.3 Å². The van der Waals surface area contributed by atoms with Crippen LogP contribution in [0.2, 0.25) is 5.02 Å². The predicted molar refractivity (Wildman–Crippen MR) is 106 cm³/mol. The Morgan fingerprint density at radius 3 is 2.09 bits per heavy atom. The van der Waals surface area contributed by atoms with E-state index in [1.54, 1.807) is 18.2 Å². The molecule has 4 rings (SSSR count). The van der Waals surface area contributed by atoms with Crippen molar-refractivity contribution in [2.75, 3.05) is 4.90 Å². The number of ketones is 1. The number of anilines is 1. The van der Waals surface area contributed by atoms with Crippen LogP contribution in [0.3, 0.4) is 0 Å². The van der Waals surface area contributed by atoms with Gasteiger partial charge in [0.05, 0.1) is 17.6 Å². The van der Waals surface area contributed by atoms with Gasteiger partial charge in [0.15, 0.2) is 29.1 Å². The molecule has 0 saturated carbocycles. The van der Waals surface area contributed by atoms with Crippen molar-refractivity contribution < 1.29 is 26.7 Å². The van der Waals surface area contributed by atoms with Gasteiger partial charge in [-0.3, -0.25) is 9.69 Å². The molecular formula is C22H13ClF5N3O. The monoisotopic (exact) mass is 465 g/mol. The summed E-state index contributed by atoms with van der Waals surface area (Å²) in [6, 6.07) is 7.91. The maximum absolute atomic E-state index is 14.7. The fourth-order valence-corrected chi connectivity index (χ4v) is 4.26. The fraction of sp³-hybridized carbons (Fsp3) is 0.182. The van der Waals surface area contributed by atoms with E-state index < -0.39 is 51.9 Å². The number of nitrogens with two attached hydrogens (primary N) is 1. The first kappa shape index (κ1) is 21.8. The summed E-state index contributed by atoms with van der Waals surface area (Å²) in [7, 11) is 0. The Labute approximate surface area is 184 Å². The second-order valence-electron chi connectivity index (χ2n) is 7.28. The van der Waals surface area contributed by atoms with Crippen LogP contribution in [0.15, 0.2) is 46.9 Å². The van der Waals surface area contributed by atoms with Crippen LogP contribution >= 0.6 is 11.6 Å². The number of benzene rings is 2. The topological polar surface area (TPSA) is 70.1 Å². The number of hydrogen-bond donors (Lipinski definition) is 1. The van der Waals surface area contributed by atoms with Crippen LogP contribution in [0, 0.1) is 40.4 Å². The molecule has 0 unspecified atom stereocenters. The summed E-state index contributed by atoms with van der Waals surface area (Å²) in [5, 5.41) is 10.2. The van der Waals surface area contributed by atoms with Crippen LogP contribution < -0.4 is 10.6 Å². The van der Waals surface area contributed by atoms with Gasteiger partial charge in [0.2, 0.25) is 5.82 Å². The molecule has 0 fully saturated rings. The van der Waals surface area contributed by atoms with Gasteiger partial charge in [0.1, 0.15) is 5.82 Å². The third kappa shape index (κ3) is 3.14. The van der Waals surface area contributed by atoms with Gasteiger partial charge in [0.25, 0.3) is 0 Å². The van der Waals surface area contributed by atoms with E-state index in [1.165, 1.54) is 17.0 Å². The third-order valence-corrected chi connectivity index (χ3v) is 5.78. The van der Waals surface area contributed by atoms with Gasteiger partial charge in [-0.1, -0.05) is 11.6 Å². The van der Waals surface area contributed by atoms with Crippen LogP contribution in [-0.2, 0) is 4.79 Å². The fourth-order valence-electron chi connectivity index (χ4n) is 4.14. The van der Waals surface area contributed by atoms with E-state index in [0.29, 0.717) is 17.1 Å². The minimum absolute atomic E-state index is 0.0161. The second kappa shape index (κ2) is 7.95. The number of halogens is 6. The molecule has 0 saturated heterocycles. The zero-order chi connectivity index (χ0) is 23.3. The lowest BCUT2D eigenvalue weighted by Gasteiger charge is -2.39. The van der Waals surface area contributed by atoms with E-state index in [-0.39, 0.29) is 29.9 Å². The average molecular weight is 466 g/mol. The van der Waals surface area contributed by atoms with Gasteiger partial charge >= 0.3 is 0 Å². The largest absolute Gasteiger partial charge is 0.384 e. The Balaban J connectivity index is 2.06. The van der Waals surface area contributed by atoms with E-state index in [1.807, 2.05) is 0 Å². The van der Waals surface area contributed by atoms with Crippen LogP contribution in [0.4, 0.5) is 27.6 Å². The van der Waals surface area contributed by atoms with Gasteiger partial charge in [-0.2, -0.15) is 5.26 Å². The highest BCUT2D eigenvalue weighted by atomic mass is 35.5. The molecule has 0 aromatic heterocycles. The number of hydrogen-bond acceptors (Lipinski definition) is 4. The molecule has 0 bridgehead atoms. The first-order chi connectivity index (χ1) is 15.2. The van der Waals surface area contributed by atoms with Crippen molar-refractivity contribution in [1.82, 2.24) is 0 Å². The minimum atomic E-state index is -2.33. The Bertz CT molecular complexity index is 1230. The molecule has 0 radical (unpaired) electrons. The van der Waals surface area contributed by atoms with Crippen molar-refractivity contribution in [3.05, 3.63) is 86.6 Å². The predicted octanol–water partition coefficient (Wildman–Crippen LogP) is 5.34. The highest BCUT2D eigenvalue weighted by Gasteiger charge is 2.44.